The third kappa shape index (κ3) is 2.55. The number of nitrogens with zero attached hydrogens (tertiary/aromatic N) is 1. The van der Waals surface area contributed by atoms with E-state index >= 15 is 0 Å². The van der Waals surface area contributed by atoms with E-state index in [1.165, 1.54) is 0 Å². The summed E-state index contributed by atoms with van der Waals surface area (Å²) in [7, 11) is 4.75. The Morgan fingerprint density at radius 1 is 0.958 bits per heavy atom. The molecule has 0 radical (unpaired) electrons. The summed E-state index contributed by atoms with van der Waals surface area (Å²) in [4.78, 5) is 14.0. The fourth-order valence-electron chi connectivity index (χ4n) is 2.95. The number of methoxy groups -OCH3 is 3. The van der Waals surface area contributed by atoms with Gasteiger partial charge >= 0.3 is 0 Å². The van der Waals surface area contributed by atoms with E-state index in [1.807, 2.05) is 42.5 Å². The van der Waals surface area contributed by atoms with E-state index in [2.05, 4.69) is 0 Å². The first-order chi connectivity index (χ1) is 11.6. The molecule has 6 heteroatoms. The van der Waals surface area contributed by atoms with E-state index in [0.717, 1.165) is 11.3 Å². The summed E-state index contributed by atoms with van der Waals surface area (Å²) >= 11 is 0. The number of ether oxygens (including phenoxy) is 3. The number of β-lactam (4-membered cyclic amide) rings is 1. The highest BCUT2D eigenvalue weighted by Gasteiger charge is 2.47. The Labute approximate surface area is 140 Å². The van der Waals surface area contributed by atoms with Crippen LogP contribution in [-0.4, -0.2) is 33.3 Å². The summed E-state index contributed by atoms with van der Waals surface area (Å²) in [6.45, 7) is 0. The van der Waals surface area contributed by atoms with E-state index in [1.54, 1.807) is 26.2 Å². The summed E-state index contributed by atoms with van der Waals surface area (Å²) in [5.74, 6) is 1.80. The maximum Gasteiger partial charge on any atom is 0.247 e. The number of anilines is 1. The molecule has 1 aliphatic heterocycles. The molecule has 2 atom stereocenters. The molecule has 0 aromatic heterocycles. The van der Waals surface area contributed by atoms with Crippen LogP contribution in [0, 0.1) is 0 Å². The van der Waals surface area contributed by atoms with Crippen LogP contribution in [-0.2, 0) is 4.79 Å². The van der Waals surface area contributed by atoms with Crippen LogP contribution in [0.25, 0.3) is 0 Å². The number of carbonyl (C=O) groups excluding carboxylic acids is 1. The Bertz CT molecular complexity index is 762. The average molecular weight is 328 g/mol. The van der Waals surface area contributed by atoms with Gasteiger partial charge in [0.25, 0.3) is 0 Å². The highest BCUT2D eigenvalue weighted by molar-refractivity contribution is 6.05. The van der Waals surface area contributed by atoms with Crippen LogP contribution in [0.15, 0.2) is 42.5 Å². The van der Waals surface area contributed by atoms with Gasteiger partial charge in [-0.15, -0.1) is 0 Å². The monoisotopic (exact) mass is 328 g/mol. The van der Waals surface area contributed by atoms with E-state index in [4.69, 9.17) is 19.9 Å². The molecule has 1 saturated heterocycles. The molecule has 0 bridgehead atoms. The Kier molecular flexibility index (Phi) is 4.31. The second-order valence-corrected chi connectivity index (χ2v) is 5.49. The molecular formula is C18H20N2O4. The first-order valence-electron chi connectivity index (χ1n) is 7.55. The van der Waals surface area contributed by atoms with Crippen molar-refractivity contribution in [2.75, 3.05) is 26.2 Å². The molecule has 1 amide bonds. The normalized spacial score (nSPS) is 19.7. The van der Waals surface area contributed by atoms with Crippen LogP contribution in [0.5, 0.6) is 17.2 Å². The van der Waals surface area contributed by atoms with E-state index < -0.39 is 6.04 Å². The minimum Gasteiger partial charge on any atom is -0.497 e. The summed E-state index contributed by atoms with van der Waals surface area (Å²) < 4.78 is 15.8. The molecule has 3 rings (SSSR count). The van der Waals surface area contributed by atoms with Gasteiger partial charge in [0.15, 0.2) is 11.5 Å². The number of amides is 1. The molecule has 2 aromatic rings. The van der Waals surface area contributed by atoms with Crippen molar-refractivity contribution in [1.29, 1.82) is 0 Å². The highest BCUT2D eigenvalue weighted by Crippen LogP contribution is 2.41. The zero-order valence-corrected chi connectivity index (χ0v) is 13.9. The molecule has 1 heterocycles. The summed E-state index contributed by atoms with van der Waals surface area (Å²) in [6.07, 6.45) is 0. The molecule has 1 aliphatic rings. The SMILES string of the molecule is COc1cccc(N2C(=O)[C@H](N)[C@@H]2c2ccc(OC)c(OC)c2)c1. The van der Waals surface area contributed by atoms with Crippen molar-refractivity contribution in [3.63, 3.8) is 0 Å². The minimum atomic E-state index is -0.589. The summed E-state index contributed by atoms with van der Waals surface area (Å²) in [5.41, 5.74) is 7.71. The number of hydrogen-bond acceptors (Lipinski definition) is 5. The van der Waals surface area contributed by atoms with Crippen molar-refractivity contribution < 1.29 is 19.0 Å². The lowest BCUT2D eigenvalue weighted by Gasteiger charge is -2.45. The van der Waals surface area contributed by atoms with Crippen LogP contribution in [0.1, 0.15) is 11.6 Å². The first kappa shape index (κ1) is 16.1. The molecule has 1 fully saturated rings. The molecule has 0 spiro atoms. The molecule has 24 heavy (non-hydrogen) atoms. The smallest absolute Gasteiger partial charge is 0.247 e. The van der Waals surface area contributed by atoms with Crippen LogP contribution in [0.4, 0.5) is 5.69 Å². The second kappa shape index (κ2) is 6.41. The lowest BCUT2D eigenvalue weighted by molar-refractivity contribution is -0.126. The van der Waals surface area contributed by atoms with Gasteiger partial charge in [0, 0.05) is 11.8 Å². The Morgan fingerprint density at radius 3 is 2.38 bits per heavy atom. The van der Waals surface area contributed by atoms with Gasteiger partial charge in [0.1, 0.15) is 11.8 Å². The van der Waals surface area contributed by atoms with E-state index in [0.29, 0.717) is 17.2 Å². The molecule has 6 nitrogen and oxygen atoms in total. The predicted molar refractivity (Wildman–Crippen MR) is 90.7 cm³/mol. The van der Waals surface area contributed by atoms with Crippen molar-refractivity contribution in [3.8, 4) is 17.2 Å². The summed E-state index contributed by atoms with van der Waals surface area (Å²) in [5, 5.41) is 0. The zero-order chi connectivity index (χ0) is 17.3. The standard InChI is InChI=1S/C18H20N2O4/c1-22-13-6-4-5-12(10-13)20-17(16(19)18(20)21)11-7-8-14(23-2)15(9-11)24-3/h4-10,16-17H,19H2,1-3H3/t16-,17+/m1/s1. The lowest BCUT2D eigenvalue weighted by atomic mass is 9.88. The van der Waals surface area contributed by atoms with Crippen LogP contribution >= 0.6 is 0 Å². The van der Waals surface area contributed by atoms with Gasteiger partial charge in [-0.2, -0.15) is 0 Å². The Balaban J connectivity index is 1.98. The van der Waals surface area contributed by atoms with Crippen LogP contribution < -0.4 is 24.8 Å². The third-order valence-corrected chi connectivity index (χ3v) is 4.22. The van der Waals surface area contributed by atoms with Crippen molar-refractivity contribution in [2.24, 2.45) is 5.73 Å². The van der Waals surface area contributed by atoms with E-state index in [-0.39, 0.29) is 11.9 Å². The predicted octanol–water partition coefficient (Wildman–Crippen LogP) is 2.13. The number of rotatable bonds is 5. The maximum atomic E-state index is 12.3. The van der Waals surface area contributed by atoms with Crippen molar-refractivity contribution in [3.05, 3.63) is 48.0 Å². The topological polar surface area (TPSA) is 74.0 Å². The molecule has 0 aliphatic carbocycles. The number of carbonyl (C=O) groups is 1. The number of nitrogens with two attached hydrogens (primary N) is 1. The highest BCUT2D eigenvalue weighted by atomic mass is 16.5. The average Bonchev–Trinajstić information content (AvgIpc) is 2.64. The second-order valence-electron chi connectivity index (χ2n) is 5.49. The quantitative estimate of drug-likeness (QED) is 0.851. The Hall–Kier alpha value is -2.73. The van der Waals surface area contributed by atoms with Crippen molar-refractivity contribution in [1.82, 2.24) is 0 Å². The van der Waals surface area contributed by atoms with Gasteiger partial charge < -0.3 is 24.8 Å². The van der Waals surface area contributed by atoms with Gasteiger partial charge in [-0.25, -0.2) is 0 Å². The van der Waals surface area contributed by atoms with Crippen LogP contribution in [0.3, 0.4) is 0 Å². The fraction of sp³-hybridized carbons (Fsp3) is 0.278. The number of hydrogen-bond donors (Lipinski definition) is 1. The first-order valence-corrected chi connectivity index (χ1v) is 7.55. The molecular weight excluding hydrogens is 308 g/mol. The fourth-order valence-corrected chi connectivity index (χ4v) is 2.95. The third-order valence-electron chi connectivity index (χ3n) is 4.22. The zero-order valence-electron chi connectivity index (χ0n) is 13.9. The minimum absolute atomic E-state index is 0.122. The van der Waals surface area contributed by atoms with Gasteiger partial charge in [0.2, 0.25) is 5.91 Å². The largest absolute Gasteiger partial charge is 0.497 e. The molecule has 2 aromatic carbocycles. The molecule has 0 saturated carbocycles. The van der Waals surface area contributed by atoms with E-state index in [9.17, 15) is 4.79 Å². The molecule has 0 unspecified atom stereocenters. The van der Waals surface area contributed by atoms with Gasteiger partial charge in [-0.05, 0) is 29.8 Å². The van der Waals surface area contributed by atoms with Crippen molar-refractivity contribution >= 4 is 11.6 Å². The maximum absolute atomic E-state index is 12.3. The van der Waals surface area contributed by atoms with Crippen LogP contribution in [0.2, 0.25) is 0 Å². The number of benzene rings is 2. The Morgan fingerprint density at radius 2 is 1.71 bits per heavy atom. The summed E-state index contributed by atoms with van der Waals surface area (Å²) in [6, 6.07) is 12.1. The molecule has 2 N–H and O–H groups in total. The van der Waals surface area contributed by atoms with Gasteiger partial charge in [-0.1, -0.05) is 12.1 Å². The lowest BCUT2D eigenvalue weighted by Crippen LogP contribution is -2.63. The van der Waals surface area contributed by atoms with Gasteiger partial charge in [-0.3, -0.25) is 4.79 Å². The molecule has 126 valence electrons. The van der Waals surface area contributed by atoms with Crippen molar-refractivity contribution in [2.45, 2.75) is 12.1 Å². The van der Waals surface area contributed by atoms with Gasteiger partial charge in [0.05, 0.1) is 27.4 Å².